The van der Waals surface area contributed by atoms with E-state index in [9.17, 15) is 14.3 Å². The van der Waals surface area contributed by atoms with Crippen molar-refractivity contribution < 1.29 is 14.3 Å². The fourth-order valence-electron chi connectivity index (χ4n) is 4.24. The van der Waals surface area contributed by atoms with E-state index in [1.807, 2.05) is 18.2 Å². The van der Waals surface area contributed by atoms with Crippen molar-refractivity contribution in [3.8, 4) is 16.9 Å². The highest BCUT2D eigenvalue weighted by molar-refractivity contribution is 6.33. The molecule has 0 bridgehead atoms. The summed E-state index contributed by atoms with van der Waals surface area (Å²) in [6.45, 7) is 1.80. The predicted molar refractivity (Wildman–Crippen MR) is 127 cm³/mol. The fourth-order valence-corrected chi connectivity index (χ4v) is 4.52. The molecular formula is C25H21ClFN5O2. The fraction of sp³-hybridized carbons (Fsp3) is 0.160. The Bertz CT molecular complexity index is 1420. The van der Waals surface area contributed by atoms with Crippen LogP contribution in [0.4, 0.5) is 10.1 Å². The Morgan fingerprint density at radius 2 is 1.94 bits per heavy atom. The Morgan fingerprint density at radius 3 is 2.65 bits per heavy atom. The van der Waals surface area contributed by atoms with Gasteiger partial charge in [-0.25, -0.2) is 14.1 Å². The minimum Gasteiger partial charge on any atom is -0.373 e. The van der Waals surface area contributed by atoms with Gasteiger partial charge in [0.15, 0.2) is 0 Å². The lowest BCUT2D eigenvalue weighted by molar-refractivity contribution is 0.102. The number of anilines is 1. The minimum atomic E-state index is -1.25. The number of carbonyl (C=O) groups excluding carboxylic acids is 1. The number of hydrogen-bond donors (Lipinski definition) is 3. The first-order valence-electron chi connectivity index (χ1n) is 10.7. The maximum absolute atomic E-state index is 13.5. The molecule has 0 spiro atoms. The van der Waals surface area contributed by atoms with Crippen molar-refractivity contribution in [2.24, 2.45) is 5.73 Å². The Morgan fingerprint density at radius 1 is 1.18 bits per heavy atom. The van der Waals surface area contributed by atoms with Crippen molar-refractivity contribution in [2.45, 2.75) is 26.0 Å². The molecule has 1 aliphatic carbocycles. The number of amides is 1. The number of aryl methyl sites for hydroxylation is 2. The van der Waals surface area contributed by atoms with Crippen LogP contribution in [0.2, 0.25) is 5.15 Å². The van der Waals surface area contributed by atoms with E-state index in [-0.39, 0.29) is 22.4 Å². The van der Waals surface area contributed by atoms with Crippen molar-refractivity contribution in [3.63, 3.8) is 0 Å². The predicted octanol–water partition coefficient (Wildman–Crippen LogP) is 4.34. The molecule has 1 aliphatic rings. The van der Waals surface area contributed by atoms with Gasteiger partial charge in [0.25, 0.3) is 5.91 Å². The second-order valence-corrected chi connectivity index (χ2v) is 8.52. The molecule has 1 amide bonds. The molecule has 2 aromatic heterocycles. The molecule has 0 saturated carbocycles. The summed E-state index contributed by atoms with van der Waals surface area (Å²) < 4.78 is 15.2. The lowest BCUT2D eigenvalue weighted by Gasteiger charge is -2.20. The van der Waals surface area contributed by atoms with E-state index in [1.165, 1.54) is 12.1 Å². The molecule has 4 aromatic rings. The van der Waals surface area contributed by atoms with Crippen LogP contribution in [0.15, 0.2) is 54.6 Å². The summed E-state index contributed by atoms with van der Waals surface area (Å²) in [6, 6.07) is 14.9. The molecule has 0 saturated heterocycles. The number of nitrogens with zero attached hydrogens (tertiary/aromatic N) is 3. The first kappa shape index (κ1) is 22.2. The van der Waals surface area contributed by atoms with Gasteiger partial charge in [-0.15, -0.1) is 0 Å². The molecular weight excluding hydrogens is 457 g/mol. The standard InChI is InChI=1S/C25H21ClFN5O2/c1-13-2-10-19(23(26)29-13)25(34)30-16-7-3-14-4-11-18-21(24(28)33)31-32(22(18)20(14)12-16)17-8-5-15(27)6-9-17/h2-3,5-10,12,24,33H,4,11,28H2,1H3,(H,30,34). The number of aliphatic hydroxyl groups is 1. The smallest absolute Gasteiger partial charge is 0.258 e. The van der Waals surface area contributed by atoms with Gasteiger partial charge < -0.3 is 16.2 Å². The second kappa shape index (κ2) is 8.64. The Labute approximate surface area is 200 Å². The van der Waals surface area contributed by atoms with E-state index in [2.05, 4.69) is 15.4 Å². The zero-order chi connectivity index (χ0) is 24.0. The first-order chi connectivity index (χ1) is 16.3. The van der Waals surface area contributed by atoms with Gasteiger partial charge in [-0.3, -0.25) is 4.79 Å². The number of nitrogens with two attached hydrogens (primary N) is 1. The summed E-state index contributed by atoms with van der Waals surface area (Å²) in [5.41, 5.74) is 11.8. The van der Waals surface area contributed by atoms with Gasteiger partial charge in [0.2, 0.25) is 0 Å². The molecule has 2 heterocycles. The van der Waals surface area contributed by atoms with E-state index in [1.54, 1.807) is 35.9 Å². The van der Waals surface area contributed by atoms with Gasteiger partial charge in [-0.1, -0.05) is 17.7 Å². The molecule has 2 aromatic carbocycles. The van der Waals surface area contributed by atoms with Crippen molar-refractivity contribution in [1.82, 2.24) is 14.8 Å². The maximum Gasteiger partial charge on any atom is 0.258 e. The van der Waals surface area contributed by atoms with E-state index in [0.717, 1.165) is 34.5 Å². The number of fused-ring (bicyclic) bond motifs is 3. The van der Waals surface area contributed by atoms with Crippen molar-refractivity contribution in [1.29, 1.82) is 0 Å². The number of carbonyl (C=O) groups is 1. The molecule has 1 atom stereocenters. The largest absolute Gasteiger partial charge is 0.373 e. The average molecular weight is 478 g/mol. The topological polar surface area (TPSA) is 106 Å². The SMILES string of the molecule is Cc1ccc(C(=O)Nc2ccc3c(c2)-c2c(c(C(N)O)nn2-c2ccc(F)cc2)CC3)c(Cl)n1. The molecule has 0 fully saturated rings. The summed E-state index contributed by atoms with van der Waals surface area (Å²) >= 11 is 6.16. The molecule has 4 N–H and O–H groups in total. The summed E-state index contributed by atoms with van der Waals surface area (Å²) in [6.07, 6.45) is 0.110. The van der Waals surface area contributed by atoms with Crippen LogP contribution in [0.5, 0.6) is 0 Å². The maximum atomic E-state index is 13.5. The van der Waals surface area contributed by atoms with Gasteiger partial charge in [0, 0.05) is 22.5 Å². The van der Waals surface area contributed by atoms with Crippen LogP contribution < -0.4 is 11.1 Å². The van der Waals surface area contributed by atoms with Crippen LogP contribution >= 0.6 is 11.6 Å². The van der Waals surface area contributed by atoms with Crippen LogP contribution in [0.1, 0.15) is 39.1 Å². The third kappa shape index (κ3) is 3.96. The van der Waals surface area contributed by atoms with E-state index < -0.39 is 6.23 Å². The zero-order valence-corrected chi connectivity index (χ0v) is 19.0. The van der Waals surface area contributed by atoms with E-state index in [0.29, 0.717) is 23.5 Å². The van der Waals surface area contributed by atoms with Crippen LogP contribution in [-0.2, 0) is 12.8 Å². The molecule has 172 valence electrons. The third-order valence-electron chi connectivity index (χ3n) is 5.87. The molecule has 34 heavy (non-hydrogen) atoms. The number of pyridine rings is 1. The number of aliphatic hydroxyl groups excluding tert-OH is 1. The van der Waals surface area contributed by atoms with E-state index in [4.69, 9.17) is 17.3 Å². The highest BCUT2D eigenvalue weighted by atomic mass is 35.5. The number of aromatic nitrogens is 3. The van der Waals surface area contributed by atoms with Gasteiger partial charge in [0.1, 0.15) is 22.9 Å². The van der Waals surface area contributed by atoms with Crippen molar-refractivity contribution in [3.05, 3.63) is 93.6 Å². The monoisotopic (exact) mass is 477 g/mol. The summed E-state index contributed by atoms with van der Waals surface area (Å²) in [4.78, 5) is 17.0. The number of benzene rings is 2. The summed E-state index contributed by atoms with van der Waals surface area (Å²) in [5.74, 6) is -0.739. The van der Waals surface area contributed by atoms with Gasteiger partial charge in [-0.2, -0.15) is 5.10 Å². The Balaban J connectivity index is 1.59. The molecule has 0 aliphatic heterocycles. The third-order valence-corrected chi connectivity index (χ3v) is 6.15. The van der Waals surface area contributed by atoms with Crippen LogP contribution in [0, 0.1) is 12.7 Å². The van der Waals surface area contributed by atoms with Gasteiger partial charge in [-0.05, 0) is 73.9 Å². The number of halogens is 2. The molecule has 1 unspecified atom stereocenters. The van der Waals surface area contributed by atoms with Crippen molar-refractivity contribution >= 4 is 23.2 Å². The molecule has 7 nitrogen and oxygen atoms in total. The molecule has 9 heteroatoms. The van der Waals surface area contributed by atoms with E-state index >= 15 is 0 Å². The Hall–Kier alpha value is -3.59. The van der Waals surface area contributed by atoms with Crippen LogP contribution in [0.25, 0.3) is 16.9 Å². The lowest BCUT2D eigenvalue weighted by Crippen LogP contribution is -2.15. The van der Waals surface area contributed by atoms with Crippen LogP contribution in [0.3, 0.4) is 0 Å². The van der Waals surface area contributed by atoms with Gasteiger partial charge >= 0.3 is 0 Å². The lowest BCUT2D eigenvalue weighted by atomic mass is 9.88. The second-order valence-electron chi connectivity index (χ2n) is 8.16. The number of rotatable bonds is 4. The average Bonchev–Trinajstić information content (AvgIpc) is 3.20. The normalized spacial score (nSPS) is 13.2. The van der Waals surface area contributed by atoms with Crippen LogP contribution in [-0.4, -0.2) is 25.8 Å². The molecule has 0 radical (unpaired) electrons. The molecule has 5 rings (SSSR count). The van der Waals surface area contributed by atoms with Gasteiger partial charge in [0.05, 0.1) is 16.9 Å². The minimum absolute atomic E-state index is 0.133. The quantitative estimate of drug-likeness (QED) is 0.299. The Kier molecular flexibility index (Phi) is 5.65. The number of hydrogen-bond acceptors (Lipinski definition) is 5. The first-order valence-corrected chi connectivity index (χ1v) is 11.1. The number of nitrogens with one attached hydrogen (secondary N) is 1. The highest BCUT2D eigenvalue weighted by Crippen LogP contribution is 2.39. The highest BCUT2D eigenvalue weighted by Gasteiger charge is 2.28. The zero-order valence-electron chi connectivity index (χ0n) is 18.2. The van der Waals surface area contributed by atoms with Crippen molar-refractivity contribution in [2.75, 3.05) is 5.32 Å². The summed E-state index contributed by atoms with van der Waals surface area (Å²) in [7, 11) is 0. The summed E-state index contributed by atoms with van der Waals surface area (Å²) in [5, 5.41) is 17.7.